The summed E-state index contributed by atoms with van der Waals surface area (Å²) >= 11 is 0. The third kappa shape index (κ3) is 3.51. The minimum Gasteiger partial charge on any atom is -0.309 e. The Morgan fingerprint density at radius 2 is 2.12 bits per heavy atom. The van der Waals surface area contributed by atoms with Crippen molar-refractivity contribution >= 4 is 11.7 Å². The van der Waals surface area contributed by atoms with E-state index in [1.807, 2.05) is 25.1 Å². The Bertz CT molecular complexity index is 837. The van der Waals surface area contributed by atoms with E-state index in [0.717, 1.165) is 11.3 Å². The molecule has 3 aromatic rings. The van der Waals surface area contributed by atoms with Crippen molar-refractivity contribution in [3.63, 3.8) is 0 Å². The van der Waals surface area contributed by atoms with Gasteiger partial charge in [0.15, 0.2) is 0 Å². The number of aromatic nitrogens is 5. The van der Waals surface area contributed by atoms with Gasteiger partial charge in [-0.3, -0.25) is 4.79 Å². The molecule has 0 bridgehead atoms. The van der Waals surface area contributed by atoms with E-state index in [1.165, 1.54) is 22.9 Å². The fraction of sp³-hybridized carbons (Fsp3) is 0.294. The van der Waals surface area contributed by atoms with Gasteiger partial charge in [-0.25, -0.2) is 14.3 Å². The number of rotatable bonds is 5. The maximum absolute atomic E-state index is 12.4. The van der Waals surface area contributed by atoms with Gasteiger partial charge in [0.1, 0.15) is 24.5 Å². The lowest BCUT2D eigenvalue weighted by Crippen LogP contribution is -2.25. The average Bonchev–Trinajstić information content (AvgIpc) is 3.17. The zero-order chi connectivity index (χ0) is 17.1. The van der Waals surface area contributed by atoms with Crippen molar-refractivity contribution in [2.24, 2.45) is 0 Å². The molecule has 0 aliphatic rings. The van der Waals surface area contributed by atoms with Crippen molar-refractivity contribution < 1.29 is 4.79 Å². The maximum atomic E-state index is 12.4. The molecule has 2 heterocycles. The number of amides is 1. The van der Waals surface area contributed by atoms with Crippen LogP contribution in [-0.4, -0.2) is 30.5 Å². The van der Waals surface area contributed by atoms with Crippen LogP contribution in [0.25, 0.3) is 0 Å². The van der Waals surface area contributed by atoms with Crippen molar-refractivity contribution in [2.75, 3.05) is 5.32 Å². The molecule has 3 rings (SSSR count). The molecule has 0 aliphatic heterocycles. The van der Waals surface area contributed by atoms with Gasteiger partial charge in [0.05, 0.1) is 12.2 Å². The van der Waals surface area contributed by atoms with Crippen LogP contribution >= 0.6 is 0 Å². The van der Waals surface area contributed by atoms with Crippen LogP contribution in [0.5, 0.6) is 0 Å². The lowest BCUT2D eigenvalue weighted by molar-refractivity contribution is -0.119. The zero-order valence-electron chi connectivity index (χ0n) is 14.0. The molecular formula is C17H20N6O. The van der Waals surface area contributed by atoms with Gasteiger partial charge in [-0.15, -0.1) is 0 Å². The second kappa shape index (κ2) is 6.66. The second-order valence-electron chi connectivity index (χ2n) is 5.86. The molecule has 1 atom stereocenters. The van der Waals surface area contributed by atoms with Gasteiger partial charge in [0, 0.05) is 6.07 Å². The molecule has 2 aromatic heterocycles. The number of benzene rings is 1. The third-order valence-electron chi connectivity index (χ3n) is 3.78. The quantitative estimate of drug-likeness (QED) is 0.781. The highest BCUT2D eigenvalue weighted by atomic mass is 16.2. The maximum Gasteiger partial charge on any atom is 0.250 e. The lowest BCUT2D eigenvalue weighted by Gasteiger charge is -2.13. The molecule has 1 aromatic carbocycles. The van der Waals surface area contributed by atoms with E-state index in [-0.39, 0.29) is 5.91 Å². The molecule has 24 heavy (non-hydrogen) atoms. The van der Waals surface area contributed by atoms with E-state index in [9.17, 15) is 4.79 Å². The lowest BCUT2D eigenvalue weighted by atomic mass is 10.1. The van der Waals surface area contributed by atoms with Gasteiger partial charge in [0.2, 0.25) is 5.91 Å². The van der Waals surface area contributed by atoms with Crippen LogP contribution in [0.3, 0.4) is 0 Å². The van der Waals surface area contributed by atoms with Gasteiger partial charge in [-0.2, -0.15) is 10.2 Å². The van der Waals surface area contributed by atoms with Crippen molar-refractivity contribution in [3.05, 3.63) is 59.8 Å². The fourth-order valence-electron chi connectivity index (χ4n) is 2.52. The number of nitrogens with zero attached hydrogens (tertiary/aromatic N) is 5. The number of aryl methyl sites for hydroxylation is 2. The third-order valence-corrected chi connectivity index (χ3v) is 3.78. The number of carbonyl (C=O) groups is 1. The van der Waals surface area contributed by atoms with Gasteiger partial charge in [-0.05, 0) is 26.3 Å². The summed E-state index contributed by atoms with van der Waals surface area (Å²) in [4.78, 5) is 16.3. The highest BCUT2D eigenvalue weighted by Gasteiger charge is 2.18. The van der Waals surface area contributed by atoms with Crippen molar-refractivity contribution in [1.29, 1.82) is 0 Å². The van der Waals surface area contributed by atoms with Crippen LogP contribution in [0, 0.1) is 13.8 Å². The highest BCUT2D eigenvalue weighted by Crippen LogP contribution is 2.16. The fourth-order valence-corrected chi connectivity index (χ4v) is 2.52. The molecule has 7 heteroatoms. The molecule has 0 aliphatic carbocycles. The molecule has 1 N–H and O–H groups in total. The number of nitrogens with one attached hydrogen (secondary N) is 1. The minimum absolute atomic E-state index is 0.161. The molecule has 0 spiro atoms. The van der Waals surface area contributed by atoms with E-state index in [0.29, 0.717) is 12.4 Å². The van der Waals surface area contributed by atoms with Gasteiger partial charge < -0.3 is 5.32 Å². The van der Waals surface area contributed by atoms with E-state index >= 15 is 0 Å². The average molecular weight is 324 g/mol. The Balaban J connectivity index is 1.78. The SMILES string of the molecule is Cc1cccc(Cn2nc(C)cc2NC(=O)[C@H](C)n2cncn2)c1. The van der Waals surface area contributed by atoms with Crippen LogP contribution in [0.1, 0.15) is 29.8 Å². The summed E-state index contributed by atoms with van der Waals surface area (Å²) in [6.07, 6.45) is 2.94. The summed E-state index contributed by atoms with van der Waals surface area (Å²) in [5, 5.41) is 11.4. The van der Waals surface area contributed by atoms with E-state index < -0.39 is 6.04 Å². The number of hydrogen-bond acceptors (Lipinski definition) is 4. The Morgan fingerprint density at radius 3 is 2.83 bits per heavy atom. The molecule has 0 unspecified atom stereocenters. The summed E-state index contributed by atoms with van der Waals surface area (Å²) in [5.74, 6) is 0.511. The Hall–Kier alpha value is -2.96. The smallest absolute Gasteiger partial charge is 0.250 e. The predicted octanol–water partition coefficient (Wildman–Crippen LogP) is 2.34. The zero-order valence-corrected chi connectivity index (χ0v) is 14.0. The first-order valence-corrected chi connectivity index (χ1v) is 7.78. The molecule has 1 amide bonds. The Labute approximate surface area is 140 Å². The first-order chi connectivity index (χ1) is 11.5. The number of anilines is 1. The molecule has 0 saturated heterocycles. The van der Waals surface area contributed by atoms with E-state index in [1.54, 1.807) is 11.6 Å². The summed E-state index contributed by atoms with van der Waals surface area (Å²) in [6.45, 7) is 6.34. The largest absolute Gasteiger partial charge is 0.309 e. The second-order valence-corrected chi connectivity index (χ2v) is 5.86. The Kier molecular flexibility index (Phi) is 4.41. The van der Waals surface area contributed by atoms with E-state index in [2.05, 4.69) is 39.6 Å². The van der Waals surface area contributed by atoms with Crippen LogP contribution in [0.2, 0.25) is 0 Å². The number of hydrogen-bond donors (Lipinski definition) is 1. The molecule has 124 valence electrons. The summed E-state index contributed by atoms with van der Waals surface area (Å²) in [5.41, 5.74) is 3.19. The molecule has 0 fully saturated rings. The van der Waals surface area contributed by atoms with Crippen LogP contribution < -0.4 is 5.32 Å². The number of carbonyl (C=O) groups excluding carboxylic acids is 1. The highest BCUT2D eigenvalue weighted by molar-refractivity contribution is 5.92. The summed E-state index contributed by atoms with van der Waals surface area (Å²) < 4.78 is 3.32. The minimum atomic E-state index is -0.449. The van der Waals surface area contributed by atoms with Gasteiger partial charge in [-0.1, -0.05) is 29.8 Å². The topological polar surface area (TPSA) is 77.6 Å². The monoisotopic (exact) mass is 324 g/mol. The van der Waals surface area contributed by atoms with Crippen LogP contribution in [0.4, 0.5) is 5.82 Å². The molecular weight excluding hydrogens is 304 g/mol. The van der Waals surface area contributed by atoms with Crippen molar-refractivity contribution in [3.8, 4) is 0 Å². The first-order valence-electron chi connectivity index (χ1n) is 7.78. The molecule has 0 radical (unpaired) electrons. The molecule has 0 saturated carbocycles. The van der Waals surface area contributed by atoms with Gasteiger partial charge in [0.25, 0.3) is 0 Å². The van der Waals surface area contributed by atoms with Crippen LogP contribution in [-0.2, 0) is 11.3 Å². The van der Waals surface area contributed by atoms with Gasteiger partial charge >= 0.3 is 0 Å². The normalized spacial score (nSPS) is 12.1. The molecule has 7 nitrogen and oxygen atoms in total. The van der Waals surface area contributed by atoms with Crippen molar-refractivity contribution in [2.45, 2.75) is 33.4 Å². The standard InChI is InChI=1S/C17H20N6O/c1-12-5-4-6-15(7-12)9-22-16(8-13(2)21-22)20-17(24)14(3)23-11-18-10-19-23/h4-8,10-11,14H,9H2,1-3H3,(H,20,24)/t14-/m0/s1. The first kappa shape index (κ1) is 15.9. The summed E-state index contributed by atoms with van der Waals surface area (Å²) in [6, 6.07) is 9.65. The Morgan fingerprint density at radius 1 is 1.29 bits per heavy atom. The van der Waals surface area contributed by atoms with Crippen LogP contribution in [0.15, 0.2) is 43.0 Å². The van der Waals surface area contributed by atoms with E-state index in [4.69, 9.17) is 0 Å². The summed E-state index contributed by atoms with van der Waals surface area (Å²) in [7, 11) is 0. The van der Waals surface area contributed by atoms with Crippen molar-refractivity contribution in [1.82, 2.24) is 24.5 Å². The predicted molar refractivity (Wildman–Crippen MR) is 90.6 cm³/mol.